The lowest BCUT2D eigenvalue weighted by atomic mass is 9.92. The van der Waals surface area contributed by atoms with E-state index in [1.54, 1.807) is 4.68 Å². The number of hydrogen-bond donors (Lipinski definition) is 2. The summed E-state index contributed by atoms with van der Waals surface area (Å²) in [7, 11) is 0. The summed E-state index contributed by atoms with van der Waals surface area (Å²) in [4.78, 5) is 30.1. The predicted molar refractivity (Wildman–Crippen MR) is 165 cm³/mol. The maximum atomic E-state index is 13.1. The van der Waals surface area contributed by atoms with Crippen molar-refractivity contribution >= 4 is 29.1 Å². The number of rotatable bonds is 6. The second kappa shape index (κ2) is 11.6. The van der Waals surface area contributed by atoms with E-state index in [4.69, 9.17) is 5.10 Å². The van der Waals surface area contributed by atoms with Crippen LogP contribution >= 0.6 is 0 Å². The molecule has 2 heterocycles. The average Bonchev–Trinajstić information content (AvgIpc) is 3.34. The highest BCUT2D eigenvalue weighted by Gasteiger charge is 2.26. The Morgan fingerprint density at radius 1 is 0.902 bits per heavy atom. The van der Waals surface area contributed by atoms with Crippen LogP contribution in [0.25, 0.3) is 5.69 Å². The molecule has 0 bridgehead atoms. The van der Waals surface area contributed by atoms with Crippen LogP contribution in [0.5, 0.6) is 0 Å². The number of piperazine rings is 1. The highest BCUT2D eigenvalue weighted by Crippen LogP contribution is 2.27. The number of benzene rings is 3. The number of aromatic nitrogens is 2. The van der Waals surface area contributed by atoms with Crippen LogP contribution in [0.3, 0.4) is 0 Å². The molecule has 0 atom stereocenters. The molecule has 1 saturated heterocycles. The van der Waals surface area contributed by atoms with Gasteiger partial charge in [-0.2, -0.15) is 5.10 Å². The van der Waals surface area contributed by atoms with Crippen LogP contribution in [0.2, 0.25) is 0 Å². The number of urea groups is 1. The Morgan fingerprint density at radius 2 is 1.66 bits per heavy atom. The molecule has 2 N–H and O–H groups in total. The van der Waals surface area contributed by atoms with Gasteiger partial charge in [0.1, 0.15) is 5.82 Å². The topological polar surface area (TPSA) is 82.5 Å². The first-order valence-electron chi connectivity index (χ1n) is 14.0. The molecule has 212 valence electrons. The molecular weight excluding hydrogens is 512 g/mol. The van der Waals surface area contributed by atoms with E-state index in [2.05, 4.69) is 36.3 Å². The first-order valence-corrected chi connectivity index (χ1v) is 14.0. The van der Waals surface area contributed by atoms with Gasteiger partial charge in [0.15, 0.2) is 0 Å². The van der Waals surface area contributed by atoms with E-state index >= 15 is 0 Å². The average molecular weight is 551 g/mol. The van der Waals surface area contributed by atoms with Crippen molar-refractivity contribution in [2.45, 2.75) is 46.6 Å². The number of amides is 3. The highest BCUT2D eigenvalue weighted by atomic mass is 16.2. The molecule has 8 nitrogen and oxygen atoms in total. The second-order valence-corrected chi connectivity index (χ2v) is 11.7. The van der Waals surface area contributed by atoms with E-state index in [1.807, 2.05) is 97.6 Å². The molecule has 0 radical (unpaired) electrons. The van der Waals surface area contributed by atoms with Crippen molar-refractivity contribution in [3.8, 4) is 5.69 Å². The maximum Gasteiger partial charge on any atom is 0.324 e. The molecule has 1 aliphatic rings. The summed E-state index contributed by atoms with van der Waals surface area (Å²) >= 11 is 0. The number of carbonyl (C=O) groups is 2. The van der Waals surface area contributed by atoms with E-state index in [9.17, 15) is 9.59 Å². The summed E-state index contributed by atoms with van der Waals surface area (Å²) < 4.78 is 1.77. The molecule has 3 aromatic carbocycles. The molecule has 0 saturated carbocycles. The minimum atomic E-state index is -0.349. The fraction of sp³-hybridized carbons (Fsp3) is 0.303. The number of nitrogens with zero attached hydrogens (tertiary/aromatic N) is 4. The second-order valence-electron chi connectivity index (χ2n) is 11.7. The Labute approximate surface area is 242 Å². The van der Waals surface area contributed by atoms with E-state index < -0.39 is 0 Å². The van der Waals surface area contributed by atoms with Gasteiger partial charge in [0.05, 0.1) is 17.9 Å². The van der Waals surface area contributed by atoms with Crippen LogP contribution in [0.4, 0.5) is 22.0 Å². The number of anilines is 3. The van der Waals surface area contributed by atoms with E-state index in [0.29, 0.717) is 31.1 Å². The van der Waals surface area contributed by atoms with Crippen LogP contribution in [0, 0.1) is 13.8 Å². The zero-order chi connectivity index (χ0) is 29.1. The molecule has 1 fully saturated rings. The van der Waals surface area contributed by atoms with Gasteiger partial charge < -0.3 is 10.2 Å². The summed E-state index contributed by atoms with van der Waals surface area (Å²) in [6.45, 7) is 12.8. The van der Waals surface area contributed by atoms with Crippen molar-refractivity contribution < 1.29 is 9.59 Å². The number of nitrogens with one attached hydrogen (secondary N) is 2. The first kappa shape index (κ1) is 28.1. The van der Waals surface area contributed by atoms with Crippen molar-refractivity contribution in [3.63, 3.8) is 0 Å². The van der Waals surface area contributed by atoms with Crippen LogP contribution in [0.1, 0.15) is 43.2 Å². The van der Waals surface area contributed by atoms with Crippen molar-refractivity contribution in [3.05, 3.63) is 101 Å². The molecule has 3 amide bonds. The predicted octanol–water partition coefficient (Wildman–Crippen LogP) is 6.28. The maximum absolute atomic E-state index is 13.1. The third-order valence-electron chi connectivity index (χ3n) is 7.29. The molecule has 8 heteroatoms. The minimum absolute atomic E-state index is 0.0963. The Hall–Kier alpha value is -4.43. The highest BCUT2D eigenvalue weighted by molar-refractivity contribution is 5.99. The molecule has 1 aliphatic heterocycles. The van der Waals surface area contributed by atoms with Crippen molar-refractivity contribution in [2.75, 3.05) is 35.2 Å². The molecular formula is C33H38N6O2. The number of carbonyl (C=O) groups excluding carboxylic acids is 2. The fourth-order valence-electron chi connectivity index (χ4n) is 4.98. The zero-order valence-corrected chi connectivity index (χ0v) is 24.4. The number of aryl methyl sites for hydroxylation is 2. The lowest BCUT2D eigenvalue weighted by Gasteiger charge is -2.35. The SMILES string of the molecule is Cc1ccc(-n2nc(C(C)(C)C)cc2NC(=O)Nc2cccc(CN3CCN(c4ccccc4C)C(=O)C3)c2)cc1. The smallest absolute Gasteiger partial charge is 0.310 e. The molecule has 4 aromatic rings. The largest absolute Gasteiger partial charge is 0.324 e. The fourth-order valence-corrected chi connectivity index (χ4v) is 4.98. The molecule has 0 unspecified atom stereocenters. The summed E-state index contributed by atoms with van der Waals surface area (Å²) in [5.74, 6) is 0.691. The lowest BCUT2D eigenvalue weighted by molar-refractivity contribution is -0.121. The molecule has 41 heavy (non-hydrogen) atoms. The molecule has 0 aliphatic carbocycles. The number of para-hydroxylation sites is 1. The van der Waals surface area contributed by atoms with E-state index in [1.165, 1.54) is 0 Å². The standard InChI is InChI=1S/C33H38N6O2/c1-23-13-15-27(16-14-23)39-30(20-29(36-39)33(3,4)5)35-32(41)34-26-11-8-10-25(19-26)21-37-17-18-38(31(40)22-37)28-12-7-6-9-24(28)2/h6-16,19-20H,17-18,21-22H2,1-5H3,(H2,34,35,41). The Bertz CT molecular complexity index is 1550. The van der Waals surface area contributed by atoms with Gasteiger partial charge in [0.25, 0.3) is 0 Å². The quantitative estimate of drug-likeness (QED) is 0.296. The van der Waals surface area contributed by atoms with Gasteiger partial charge in [-0.3, -0.25) is 15.0 Å². The Kier molecular flexibility index (Phi) is 7.94. The van der Waals surface area contributed by atoms with Gasteiger partial charge in [-0.15, -0.1) is 0 Å². The first-order chi connectivity index (χ1) is 19.6. The Morgan fingerprint density at radius 3 is 2.37 bits per heavy atom. The molecule has 5 rings (SSSR count). The summed E-state index contributed by atoms with van der Waals surface area (Å²) in [6.07, 6.45) is 0. The van der Waals surface area contributed by atoms with Crippen molar-refractivity contribution in [1.29, 1.82) is 0 Å². The van der Waals surface area contributed by atoms with Crippen LogP contribution in [-0.4, -0.2) is 46.3 Å². The summed E-state index contributed by atoms with van der Waals surface area (Å²) in [6, 6.07) is 25.4. The van der Waals surface area contributed by atoms with Crippen LogP contribution in [-0.2, 0) is 16.8 Å². The third kappa shape index (κ3) is 6.66. The van der Waals surface area contributed by atoms with Crippen LogP contribution in [0.15, 0.2) is 78.9 Å². The van der Waals surface area contributed by atoms with E-state index in [0.717, 1.165) is 40.3 Å². The Balaban J connectivity index is 1.24. The van der Waals surface area contributed by atoms with Crippen LogP contribution < -0.4 is 15.5 Å². The third-order valence-corrected chi connectivity index (χ3v) is 7.29. The zero-order valence-electron chi connectivity index (χ0n) is 24.4. The monoisotopic (exact) mass is 550 g/mol. The lowest BCUT2D eigenvalue weighted by Crippen LogP contribution is -2.50. The van der Waals surface area contributed by atoms with Gasteiger partial charge in [-0.1, -0.05) is 68.8 Å². The van der Waals surface area contributed by atoms with Gasteiger partial charge in [0, 0.05) is 42.5 Å². The summed E-state index contributed by atoms with van der Waals surface area (Å²) in [5.41, 5.74) is 6.52. The molecule has 0 spiro atoms. The minimum Gasteiger partial charge on any atom is -0.310 e. The van der Waals surface area contributed by atoms with Gasteiger partial charge in [-0.05, 0) is 55.3 Å². The van der Waals surface area contributed by atoms with E-state index in [-0.39, 0.29) is 17.4 Å². The van der Waals surface area contributed by atoms with Crippen molar-refractivity contribution in [2.24, 2.45) is 0 Å². The van der Waals surface area contributed by atoms with Gasteiger partial charge in [0.2, 0.25) is 5.91 Å². The molecule has 1 aromatic heterocycles. The van der Waals surface area contributed by atoms with Gasteiger partial charge >= 0.3 is 6.03 Å². The normalized spacial score (nSPS) is 14.3. The van der Waals surface area contributed by atoms with Gasteiger partial charge in [-0.25, -0.2) is 9.48 Å². The number of hydrogen-bond acceptors (Lipinski definition) is 4. The van der Waals surface area contributed by atoms with Crippen molar-refractivity contribution in [1.82, 2.24) is 14.7 Å². The summed E-state index contributed by atoms with van der Waals surface area (Å²) in [5, 5.41) is 10.7.